The van der Waals surface area contributed by atoms with Crippen LogP contribution in [-0.2, 0) is 10.2 Å². The summed E-state index contributed by atoms with van der Waals surface area (Å²) in [5.41, 5.74) is -0.733. The molecule has 2 N–H and O–H groups in total. The van der Waals surface area contributed by atoms with Gasteiger partial charge in [-0.2, -0.15) is 0 Å². The molecule has 18 heavy (non-hydrogen) atoms. The van der Waals surface area contributed by atoms with Crippen LogP contribution in [0, 0.1) is 0 Å². The Balaban J connectivity index is 2.52. The maximum absolute atomic E-state index is 11.6. The first-order valence-electron chi connectivity index (χ1n) is 5.85. The van der Waals surface area contributed by atoms with Crippen LogP contribution < -0.4 is 0 Å². The van der Waals surface area contributed by atoms with Crippen LogP contribution in [0.2, 0.25) is 10.0 Å². The Morgan fingerprint density at radius 2 is 2.00 bits per heavy atom. The van der Waals surface area contributed by atoms with Gasteiger partial charge in [0.15, 0.2) is 0 Å². The summed E-state index contributed by atoms with van der Waals surface area (Å²) in [6.07, 6.45) is 1.65. The minimum Gasteiger partial charge on any atom is -0.481 e. The molecule has 0 radical (unpaired) electrons. The van der Waals surface area contributed by atoms with Crippen molar-refractivity contribution >= 4 is 29.2 Å². The molecule has 1 aromatic rings. The van der Waals surface area contributed by atoms with Crippen LogP contribution in [0.3, 0.4) is 0 Å². The molecule has 1 fully saturated rings. The van der Waals surface area contributed by atoms with Crippen molar-refractivity contribution in [2.45, 2.75) is 37.2 Å². The van der Waals surface area contributed by atoms with Gasteiger partial charge in [0.2, 0.25) is 0 Å². The molecular weight excluding hydrogens is 275 g/mol. The maximum atomic E-state index is 11.6. The van der Waals surface area contributed by atoms with E-state index in [1.54, 1.807) is 18.2 Å². The number of carboxylic acids is 1. The fourth-order valence-electron chi connectivity index (χ4n) is 2.64. The van der Waals surface area contributed by atoms with Crippen molar-refractivity contribution in [3.8, 4) is 0 Å². The zero-order valence-corrected chi connectivity index (χ0v) is 11.2. The van der Waals surface area contributed by atoms with E-state index in [2.05, 4.69) is 0 Å². The fraction of sp³-hybridized carbons (Fsp3) is 0.462. The molecule has 0 aliphatic heterocycles. The lowest BCUT2D eigenvalue weighted by atomic mass is 9.67. The molecule has 1 saturated carbocycles. The molecule has 0 spiro atoms. The molecule has 0 amide bonds. The molecule has 2 rings (SSSR count). The summed E-state index contributed by atoms with van der Waals surface area (Å²) in [5.74, 6) is -1.01. The van der Waals surface area contributed by atoms with Gasteiger partial charge in [-0.3, -0.25) is 4.79 Å². The van der Waals surface area contributed by atoms with Crippen LogP contribution in [0.5, 0.6) is 0 Å². The summed E-state index contributed by atoms with van der Waals surface area (Å²) in [7, 11) is 0. The lowest BCUT2D eigenvalue weighted by Crippen LogP contribution is -2.48. The highest BCUT2D eigenvalue weighted by Crippen LogP contribution is 2.41. The van der Waals surface area contributed by atoms with Crippen LogP contribution in [0.25, 0.3) is 0 Å². The normalized spacial score (nSPS) is 28.1. The van der Waals surface area contributed by atoms with Gasteiger partial charge in [0.25, 0.3) is 0 Å². The van der Waals surface area contributed by atoms with E-state index in [9.17, 15) is 15.0 Å². The van der Waals surface area contributed by atoms with Crippen molar-refractivity contribution in [3.05, 3.63) is 33.8 Å². The van der Waals surface area contributed by atoms with Gasteiger partial charge < -0.3 is 10.2 Å². The summed E-state index contributed by atoms with van der Waals surface area (Å²) >= 11 is 11.8. The van der Waals surface area contributed by atoms with Crippen LogP contribution >= 0.6 is 23.2 Å². The highest BCUT2D eigenvalue weighted by atomic mass is 35.5. The van der Waals surface area contributed by atoms with Gasteiger partial charge >= 0.3 is 5.97 Å². The Bertz CT molecular complexity index is 475. The standard InChI is InChI=1S/C13H14Cl2O3/c14-9-5-4-8(7-10(9)15)13(12(17)18)6-2-1-3-11(13)16/h4-5,7,11,16H,1-3,6H2,(H,17,18)/t11-,13?/m0/s1. The number of hydrogen-bond acceptors (Lipinski definition) is 2. The maximum Gasteiger partial charge on any atom is 0.316 e. The Morgan fingerprint density at radius 1 is 1.28 bits per heavy atom. The Kier molecular flexibility index (Phi) is 3.85. The third kappa shape index (κ3) is 2.11. The largest absolute Gasteiger partial charge is 0.481 e. The molecule has 98 valence electrons. The van der Waals surface area contributed by atoms with Crippen molar-refractivity contribution in [1.82, 2.24) is 0 Å². The average molecular weight is 289 g/mol. The van der Waals surface area contributed by atoms with Crippen molar-refractivity contribution in [3.63, 3.8) is 0 Å². The second-order valence-electron chi connectivity index (χ2n) is 4.67. The Morgan fingerprint density at radius 3 is 2.56 bits per heavy atom. The number of halogens is 2. The smallest absolute Gasteiger partial charge is 0.316 e. The number of hydrogen-bond donors (Lipinski definition) is 2. The molecule has 1 unspecified atom stereocenters. The zero-order chi connectivity index (χ0) is 13.3. The number of aliphatic hydroxyl groups excluding tert-OH is 1. The second-order valence-corrected chi connectivity index (χ2v) is 5.48. The molecule has 1 aliphatic carbocycles. The molecule has 0 saturated heterocycles. The van der Waals surface area contributed by atoms with Crippen LogP contribution in [0.4, 0.5) is 0 Å². The van der Waals surface area contributed by atoms with Gasteiger partial charge in [0.05, 0.1) is 16.1 Å². The van der Waals surface area contributed by atoms with E-state index in [1.807, 2.05) is 0 Å². The average Bonchev–Trinajstić information content (AvgIpc) is 2.33. The van der Waals surface area contributed by atoms with E-state index in [0.29, 0.717) is 28.5 Å². The van der Waals surface area contributed by atoms with E-state index in [4.69, 9.17) is 23.2 Å². The van der Waals surface area contributed by atoms with E-state index >= 15 is 0 Å². The highest BCUT2D eigenvalue weighted by Gasteiger charge is 2.48. The van der Waals surface area contributed by atoms with Gasteiger partial charge in [0, 0.05) is 0 Å². The minimum atomic E-state index is -1.26. The monoisotopic (exact) mass is 288 g/mol. The topological polar surface area (TPSA) is 57.5 Å². The Labute approximate surface area is 115 Å². The second kappa shape index (κ2) is 5.08. The van der Waals surface area contributed by atoms with Crippen molar-refractivity contribution in [2.24, 2.45) is 0 Å². The lowest BCUT2D eigenvalue weighted by molar-refractivity contribution is -0.151. The number of carboxylic acid groups (broad SMARTS) is 1. The number of aliphatic carboxylic acids is 1. The number of rotatable bonds is 2. The fourth-order valence-corrected chi connectivity index (χ4v) is 2.94. The Hall–Kier alpha value is -0.770. The van der Waals surface area contributed by atoms with Gasteiger partial charge in [-0.25, -0.2) is 0 Å². The summed E-state index contributed by atoms with van der Waals surface area (Å²) in [6, 6.07) is 4.76. The summed E-state index contributed by atoms with van der Waals surface area (Å²) in [5, 5.41) is 20.4. The predicted octanol–water partition coefficient (Wildman–Crippen LogP) is 3.25. The van der Waals surface area contributed by atoms with Gasteiger partial charge in [-0.05, 0) is 30.5 Å². The molecule has 0 bridgehead atoms. The zero-order valence-electron chi connectivity index (χ0n) is 9.70. The molecule has 2 atom stereocenters. The summed E-state index contributed by atoms with van der Waals surface area (Å²) in [6.45, 7) is 0. The van der Waals surface area contributed by atoms with Crippen LogP contribution in [0.15, 0.2) is 18.2 Å². The van der Waals surface area contributed by atoms with Crippen LogP contribution in [-0.4, -0.2) is 22.3 Å². The first kappa shape index (κ1) is 13.7. The minimum absolute atomic E-state index is 0.313. The molecule has 0 aromatic heterocycles. The van der Waals surface area contributed by atoms with E-state index < -0.39 is 17.5 Å². The van der Waals surface area contributed by atoms with Gasteiger partial charge in [-0.1, -0.05) is 42.1 Å². The molecule has 3 nitrogen and oxygen atoms in total. The number of aliphatic hydroxyl groups is 1. The molecule has 1 aromatic carbocycles. The van der Waals surface area contributed by atoms with Gasteiger partial charge in [-0.15, -0.1) is 0 Å². The first-order chi connectivity index (χ1) is 8.48. The summed E-state index contributed by atoms with van der Waals surface area (Å²) < 4.78 is 0. The van der Waals surface area contributed by atoms with Crippen molar-refractivity contribution in [2.75, 3.05) is 0 Å². The van der Waals surface area contributed by atoms with E-state index in [-0.39, 0.29) is 0 Å². The number of benzene rings is 1. The van der Waals surface area contributed by atoms with Crippen molar-refractivity contribution in [1.29, 1.82) is 0 Å². The molecular formula is C13H14Cl2O3. The molecule has 5 heteroatoms. The van der Waals surface area contributed by atoms with E-state index in [1.165, 1.54) is 0 Å². The van der Waals surface area contributed by atoms with Crippen molar-refractivity contribution < 1.29 is 15.0 Å². The third-order valence-electron chi connectivity index (χ3n) is 3.68. The quantitative estimate of drug-likeness (QED) is 0.878. The van der Waals surface area contributed by atoms with Crippen LogP contribution in [0.1, 0.15) is 31.2 Å². The SMILES string of the molecule is O=C(O)C1(c2ccc(Cl)c(Cl)c2)CCCC[C@@H]1O. The lowest BCUT2D eigenvalue weighted by Gasteiger charge is -2.38. The highest BCUT2D eigenvalue weighted by molar-refractivity contribution is 6.42. The molecule has 0 heterocycles. The third-order valence-corrected chi connectivity index (χ3v) is 4.42. The predicted molar refractivity (Wildman–Crippen MR) is 70.3 cm³/mol. The number of carbonyl (C=O) groups is 1. The van der Waals surface area contributed by atoms with E-state index in [0.717, 1.165) is 12.8 Å². The van der Waals surface area contributed by atoms with Gasteiger partial charge in [0.1, 0.15) is 5.41 Å². The summed E-state index contributed by atoms with van der Waals surface area (Å²) in [4.78, 5) is 11.6. The first-order valence-corrected chi connectivity index (χ1v) is 6.61. The molecule has 1 aliphatic rings.